The summed E-state index contributed by atoms with van der Waals surface area (Å²) in [6.07, 6.45) is -2.34. The second-order valence-electron chi connectivity index (χ2n) is 6.24. The minimum Gasteiger partial charge on any atom is -0.304 e. The fourth-order valence-electron chi connectivity index (χ4n) is 2.97. The number of halogens is 3. The van der Waals surface area contributed by atoms with E-state index in [9.17, 15) is 13.2 Å². The van der Waals surface area contributed by atoms with Gasteiger partial charge in [0.1, 0.15) is 12.2 Å². The number of nitrogens with zero attached hydrogens (tertiary/aromatic N) is 5. The Hall–Kier alpha value is -1.93. The molecule has 3 rings (SSSR count). The summed E-state index contributed by atoms with van der Waals surface area (Å²) in [6.45, 7) is 2.86. The van der Waals surface area contributed by atoms with Crippen LogP contribution in [0.25, 0.3) is 5.69 Å². The van der Waals surface area contributed by atoms with Gasteiger partial charge in [-0.1, -0.05) is 6.07 Å². The maximum atomic E-state index is 12.9. The van der Waals surface area contributed by atoms with Crippen LogP contribution < -0.4 is 0 Å². The first kappa shape index (κ1) is 16.9. The summed E-state index contributed by atoms with van der Waals surface area (Å²) in [5, 5.41) is 4.13. The average Bonchev–Trinajstić information content (AvgIpc) is 2.98. The van der Waals surface area contributed by atoms with Gasteiger partial charge in [0, 0.05) is 32.1 Å². The molecule has 1 atom stereocenters. The molecule has 1 aliphatic heterocycles. The fraction of sp³-hybridized carbons (Fsp3) is 0.500. The van der Waals surface area contributed by atoms with Crippen LogP contribution in [0.3, 0.4) is 0 Å². The fourth-order valence-corrected chi connectivity index (χ4v) is 2.97. The summed E-state index contributed by atoms with van der Waals surface area (Å²) >= 11 is 0. The van der Waals surface area contributed by atoms with E-state index < -0.39 is 11.7 Å². The summed E-state index contributed by atoms with van der Waals surface area (Å²) in [6, 6.07) is 5.44. The molecule has 1 aromatic heterocycles. The molecule has 0 radical (unpaired) electrons. The highest BCUT2D eigenvalue weighted by atomic mass is 19.4. The largest absolute Gasteiger partial charge is 0.416 e. The van der Waals surface area contributed by atoms with Crippen molar-refractivity contribution in [1.82, 2.24) is 24.6 Å². The van der Waals surface area contributed by atoms with Crippen molar-refractivity contribution in [3.8, 4) is 5.69 Å². The number of hydrogen-bond donors (Lipinski definition) is 0. The van der Waals surface area contributed by atoms with Crippen molar-refractivity contribution >= 4 is 0 Å². The summed E-state index contributed by atoms with van der Waals surface area (Å²) in [5.41, 5.74) is -0.305. The van der Waals surface area contributed by atoms with Gasteiger partial charge in [-0.3, -0.25) is 0 Å². The Morgan fingerprint density at radius 2 is 2.00 bits per heavy atom. The molecule has 1 fully saturated rings. The van der Waals surface area contributed by atoms with Crippen LogP contribution in [-0.4, -0.2) is 64.3 Å². The number of hydrogen-bond acceptors (Lipinski definition) is 4. The van der Waals surface area contributed by atoms with Gasteiger partial charge in [-0.2, -0.15) is 18.3 Å². The molecule has 5 nitrogen and oxygen atoms in total. The third-order valence-electron chi connectivity index (χ3n) is 4.43. The lowest BCUT2D eigenvalue weighted by Gasteiger charge is -2.37. The molecular weight excluding hydrogens is 319 g/mol. The van der Waals surface area contributed by atoms with Gasteiger partial charge in [0.15, 0.2) is 0 Å². The monoisotopic (exact) mass is 339 g/mol. The molecule has 1 unspecified atom stereocenters. The number of rotatable bonds is 3. The van der Waals surface area contributed by atoms with Crippen LogP contribution in [0.4, 0.5) is 13.2 Å². The molecule has 2 heterocycles. The molecule has 0 bridgehead atoms. The van der Waals surface area contributed by atoms with E-state index in [1.807, 2.05) is 0 Å². The number of alkyl halides is 3. The van der Waals surface area contributed by atoms with E-state index in [4.69, 9.17) is 0 Å². The molecular formula is C16H20F3N5. The number of benzene rings is 1. The van der Waals surface area contributed by atoms with Crippen LogP contribution in [0.1, 0.15) is 11.4 Å². The third-order valence-corrected chi connectivity index (χ3v) is 4.43. The number of aromatic nitrogens is 3. The zero-order chi connectivity index (χ0) is 17.3. The van der Waals surface area contributed by atoms with Crippen LogP contribution >= 0.6 is 0 Å². The van der Waals surface area contributed by atoms with Crippen LogP contribution in [0.15, 0.2) is 30.6 Å². The Labute approximate surface area is 138 Å². The quantitative estimate of drug-likeness (QED) is 0.858. The van der Waals surface area contributed by atoms with Gasteiger partial charge in [-0.25, -0.2) is 9.67 Å². The Morgan fingerprint density at radius 3 is 2.75 bits per heavy atom. The van der Waals surface area contributed by atoms with Crippen LogP contribution in [-0.2, 0) is 12.6 Å². The van der Waals surface area contributed by atoms with E-state index in [2.05, 4.69) is 34.0 Å². The van der Waals surface area contributed by atoms with Crippen LogP contribution in [0, 0.1) is 0 Å². The van der Waals surface area contributed by atoms with Gasteiger partial charge in [-0.15, -0.1) is 0 Å². The van der Waals surface area contributed by atoms with Crippen LogP contribution in [0.5, 0.6) is 0 Å². The van der Waals surface area contributed by atoms with Crippen molar-refractivity contribution in [2.75, 3.05) is 33.7 Å². The van der Waals surface area contributed by atoms with E-state index in [1.165, 1.54) is 17.1 Å². The maximum Gasteiger partial charge on any atom is 0.416 e. The standard InChI is InChI=1S/C16H20F3N5/c1-22-6-7-23(2)14(10-22)9-15-20-11-21-24(15)13-5-3-4-12(8-13)16(17,18)19/h3-5,8,11,14H,6-7,9-10H2,1-2H3. The summed E-state index contributed by atoms with van der Waals surface area (Å²) in [4.78, 5) is 8.76. The first-order valence-corrected chi connectivity index (χ1v) is 7.80. The topological polar surface area (TPSA) is 37.2 Å². The van der Waals surface area contributed by atoms with E-state index >= 15 is 0 Å². The predicted molar refractivity (Wildman–Crippen MR) is 84.0 cm³/mol. The number of piperazine rings is 1. The smallest absolute Gasteiger partial charge is 0.304 e. The zero-order valence-corrected chi connectivity index (χ0v) is 13.7. The summed E-state index contributed by atoms with van der Waals surface area (Å²) < 4.78 is 40.3. The first-order valence-electron chi connectivity index (χ1n) is 7.80. The normalized spacial score (nSPS) is 20.5. The molecule has 0 amide bonds. The lowest BCUT2D eigenvalue weighted by atomic mass is 10.1. The summed E-state index contributed by atoms with van der Waals surface area (Å²) in [7, 11) is 4.13. The Kier molecular flexibility index (Phi) is 4.60. The minimum absolute atomic E-state index is 0.262. The van der Waals surface area contributed by atoms with E-state index in [0.29, 0.717) is 17.9 Å². The maximum absolute atomic E-state index is 12.9. The van der Waals surface area contributed by atoms with Crippen molar-refractivity contribution in [1.29, 1.82) is 0 Å². The second-order valence-corrected chi connectivity index (χ2v) is 6.24. The van der Waals surface area contributed by atoms with E-state index in [0.717, 1.165) is 31.8 Å². The number of likely N-dealkylation sites (N-methyl/N-ethyl adjacent to an activating group) is 2. The van der Waals surface area contributed by atoms with E-state index in [1.54, 1.807) is 6.07 Å². The van der Waals surface area contributed by atoms with Gasteiger partial charge in [-0.05, 0) is 32.3 Å². The molecule has 0 spiro atoms. The highest BCUT2D eigenvalue weighted by Crippen LogP contribution is 2.30. The first-order chi connectivity index (χ1) is 11.3. The molecule has 0 aliphatic carbocycles. The molecule has 24 heavy (non-hydrogen) atoms. The Balaban J connectivity index is 1.85. The highest BCUT2D eigenvalue weighted by molar-refractivity contribution is 5.37. The molecule has 8 heteroatoms. The van der Waals surface area contributed by atoms with Crippen molar-refractivity contribution in [2.45, 2.75) is 18.6 Å². The molecule has 2 aromatic rings. The van der Waals surface area contributed by atoms with Gasteiger partial charge in [0.05, 0.1) is 11.3 Å². The highest BCUT2D eigenvalue weighted by Gasteiger charge is 2.31. The Morgan fingerprint density at radius 1 is 1.21 bits per heavy atom. The average molecular weight is 339 g/mol. The molecule has 1 aromatic carbocycles. The third kappa shape index (κ3) is 3.59. The van der Waals surface area contributed by atoms with Gasteiger partial charge >= 0.3 is 6.18 Å². The van der Waals surface area contributed by atoms with Crippen molar-refractivity contribution in [3.63, 3.8) is 0 Å². The van der Waals surface area contributed by atoms with Gasteiger partial charge in [0.2, 0.25) is 0 Å². The SMILES string of the molecule is CN1CCN(C)C(Cc2ncnn2-c2cccc(C(F)(F)F)c2)C1. The molecule has 0 saturated carbocycles. The van der Waals surface area contributed by atoms with Gasteiger partial charge in [0.25, 0.3) is 0 Å². The predicted octanol–water partition coefficient (Wildman–Crippen LogP) is 2.07. The molecule has 1 saturated heterocycles. The lowest BCUT2D eigenvalue weighted by Crippen LogP contribution is -2.51. The zero-order valence-electron chi connectivity index (χ0n) is 13.7. The van der Waals surface area contributed by atoms with Crippen molar-refractivity contribution < 1.29 is 13.2 Å². The molecule has 1 aliphatic rings. The summed E-state index contributed by atoms with van der Waals surface area (Å²) in [5.74, 6) is 0.668. The molecule has 130 valence electrons. The lowest BCUT2D eigenvalue weighted by molar-refractivity contribution is -0.137. The van der Waals surface area contributed by atoms with Crippen molar-refractivity contribution in [3.05, 3.63) is 42.0 Å². The van der Waals surface area contributed by atoms with E-state index in [-0.39, 0.29) is 6.04 Å². The van der Waals surface area contributed by atoms with Crippen molar-refractivity contribution in [2.24, 2.45) is 0 Å². The minimum atomic E-state index is -4.37. The van der Waals surface area contributed by atoms with Crippen LogP contribution in [0.2, 0.25) is 0 Å². The molecule has 0 N–H and O–H groups in total. The van der Waals surface area contributed by atoms with Gasteiger partial charge < -0.3 is 9.80 Å². The second kappa shape index (κ2) is 6.52. The Bertz CT molecular complexity index is 697.